The molecule has 8 aromatic rings. The van der Waals surface area contributed by atoms with E-state index in [0.717, 1.165) is 12.8 Å². The van der Waals surface area contributed by atoms with Gasteiger partial charge in [-0.25, -0.2) is 0 Å². The number of anilines is 6. The van der Waals surface area contributed by atoms with Crippen molar-refractivity contribution in [1.29, 1.82) is 0 Å². The zero-order chi connectivity index (χ0) is 37.8. The van der Waals surface area contributed by atoms with E-state index in [4.69, 9.17) is 0 Å². The Kier molecular flexibility index (Phi) is 8.17. The topological polar surface area (TPSA) is 6.48 Å². The van der Waals surface area contributed by atoms with Crippen LogP contribution in [-0.2, 0) is 18.3 Å². The fourth-order valence-electron chi connectivity index (χ4n) is 11.0. The average Bonchev–Trinajstić information content (AvgIpc) is 3.92. The van der Waals surface area contributed by atoms with Gasteiger partial charge in [0.25, 0.3) is 0 Å². The third kappa shape index (κ3) is 5.39. The van der Waals surface area contributed by atoms with Gasteiger partial charge in [-0.2, -0.15) is 0 Å². The third-order valence-corrected chi connectivity index (χ3v) is 13.1. The molecule has 2 nitrogen and oxygen atoms in total. The molecule has 0 heterocycles. The van der Waals surface area contributed by atoms with E-state index in [1.807, 2.05) is 0 Å². The van der Waals surface area contributed by atoms with Crippen molar-refractivity contribution in [2.75, 3.05) is 9.80 Å². The van der Waals surface area contributed by atoms with Gasteiger partial charge in [-0.05, 0) is 143 Å². The molecule has 1 spiro atoms. The van der Waals surface area contributed by atoms with Gasteiger partial charge in [-0.1, -0.05) is 146 Å². The van der Waals surface area contributed by atoms with Crippen LogP contribution >= 0.6 is 0 Å². The van der Waals surface area contributed by atoms with Crippen molar-refractivity contribution in [3.63, 3.8) is 0 Å². The van der Waals surface area contributed by atoms with Crippen LogP contribution in [0.15, 0.2) is 206 Å². The maximum Gasteiger partial charge on any atom is 0.0505 e. The lowest BCUT2D eigenvalue weighted by molar-refractivity contribution is 0.350. The molecule has 3 unspecified atom stereocenters. The zero-order valence-corrected chi connectivity index (χ0v) is 32.0. The first-order valence-corrected chi connectivity index (χ1v) is 20.5. The minimum Gasteiger partial charge on any atom is -0.310 e. The van der Waals surface area contributed by atoms with Gasteiger partial charge in [0.05, 0.1) is 11.4 Å². The standard InChI is InChI=1S/C55H44N2/c1-5-17-39(18-6-1)49-27-13-14-28-50(49)40-31-35-48(36-32-40)57(47-25-11-4-12-26-47)52-30-16-20-42-38-44-34-33-43-37-41-19-15-29-51(53(41)55(43,44)54(42)52)56(45-21-7-2-8-22-45)46-23-9-3-10-24-46/h1-32,35-36,43-44H,33-34,37-38H2. The summed E-state index contributed by atoms with van der Waals surface area (Å²) in [7, 11) is 0. The fourth-order valence-corrected chi connectivity index (χ4v) is 11.0. The number of para-hydroxylation sites is 3. The predicted octanol–water partition coefficient (Wildman–Crippen LogP) is 14.4. The van der Waals surface area contributed by atoms with Crippen LogP contribution in [0.5, 0.6) is 0 Å². The summed E-state index contributed by atoms with van der Waals surface area (Å²) in [5.41, 5.74) is 18.3. The Hall–Kier alpha value is -6.64. The van der Waals surface area contributed by atoms with Crippen molar-refractivity contribution in [1.82, 2.24) is 0 Å². The lowest BCUT2D eigenvalue weighted by atomic mass is 9.68. The summed E-state index contributed by atoms with van der Waals surface area (Å²) in [6.45, 7) is 0. The number of hydrogen-bond donors (Lipinski definition) is 0. The molecule has 57 heavy (non-hydrogen) atoms. The highest BCUT2D eigenvalue weighted by molar-refractivity contribution is 5.88. The molecule has 3 aliphatic carbocycles. The first kappa shape index (κ1) is 33.7. The highest BCUT2D eigenvalue weighted by Gasteiger charge is 2.62. The van der Waals surface area contributed by atoms with Gasteiger partial charge >= 0.3 is 0 Å². The molecular weight excluding hydrogens is 689 g/mol. The Bertz CT molecular complexity index is 2640. The first-order valence-electron chi connectivity index (χ1n) is 20.5. The highest BCUT2D eigenvalue weighted by Crippen LogP contribution is 2.68. The van der Waals surface area contributed by atoms with Gasteiger partial charge in [0, 0.05) is 28.2 Å². The Balaban J connectivity index is 1.10. The van der Waals surface area contributed by atoms with Gasteiger partial charge < -0.3 is 9.80 Å². The summed E-state index contributed by atoms with van der Waals surface area (Å²) in [5, 5.41) is 0. The quantitative estimate of drug-likeness (QED) is 0.153. The van der Waals surface area contributed by atoms with E-state index in [9.17, 15) is 0 Å². The van der Waals surface area contributed by atoms with Gasteiger partial charge in [0.2, 0.25) is 0 Å². The van der Waals surface area contributed by atoms with Crippen molar-refractivity contribution < 1.29 is 0 Å². The predicted molar refractivity (Wildman–Crippen MR) is 238 cm³/mol. The molecule has 3 atom stereocenters. The van der Waals surface area contributed by atoms with Crippen LogP contribution in [0.2, 0.25) is 0 Å². The van der Waals surface area contributed by atoms with E-state index in [1.54, 1.807) is 0 Å². The number of hydrogen-bond acceptors (Lipinski definition) is 2. The number of rotatable bonds is 8. The second kappa shape index (κ2) is 13.8. The molecule has 0 aromatic heterocycles. The van der Waals surface area contributed by atoms with Crippen LogP contribution in [0.3, 0.4) is 0 Å². The highest BCUT2D eigenvalue weighted by atomic mass is 15.2. The van der Waals surface area contributed by atoms with Crippen LogP contribution in [-0.4, -0.2) is 0 Å². The summed E-state index contributed by atoms with van der Waals surface area (Å²) in [4.78, 5) is 5.07. The second-order valence-corrected chi connectivity index (χ2v) is 16.0. The van der Waals surface area contributed by atoms with Crippen LogP contribution < -0.4 is 9.80 Å². The van der Waals surface area contributed by atoms with E-state index in [1.165, 1.54) is 91.5 Å². The second-order valence-electron chi connectivity index (χ2n) is 16.0. The summed E-state index contributed by atoms with van der Waals surface area (Å²) in [6.07, 6.45) is 4.74. The van der Waals surface area contributed by atoms with Gasteiger partial charge in [0.1, 0.15) is 0 Å². The minimum atomic E-state index is -0.0960. The Morgan fingerprint density at radius 3 is 1.14 bits per heavy atom. The fraction of sp³-hybridized carbons (Fsp3) is 0.127. The lowest BCUT2D eigenvalue weighted by Gasteiger charge is -2.40. The van der Waals surface area contributed by atoms with E-state index < -0.39 is 0 Å². The smallest absolute Gasteiger partial charge is 0.0505 e. The summed E-state index contributed by atoms with van der Waals surface area (Å²) < 4.78 is 0. The van der Waals surface area contributed by atoms with Gasteiger partial charge in [-0.3, -0.25) is 0 Å². The molecule has 274 valence electrons. The third-order valence-electron chi connectivity index (χ3n) is 13.1. The van der Waals surface area contributed by atoms with Crippen LogP contribution in [0.25, 0.3) is 22.3 Å². The summed E-state index contributed by atoms with van der Waals surface area (Å²) in [5.74, 6) is 1.09. The molecule has 0 aliphatic heterocycles. The first-order chi connectivity index (χ1) is 28.3. The van der Waals surface area contributed by atoms with Gasteiger partial charge in [0.15, 0.2) is 0 Å². The summed E-state index contributed by atoms with van der Waals surface area (Å²) in [6, 6.07) is 76.1. The molecule has 0 amide bonds. The number of fused-ring (bicyclic) bond motifs is 2. The maximum absolute atomic E-state index is 2.55. The molecule has 2 heteroatoms. The van der Waals surface area contributed by atoms with Crippen LogP contribution in [0, 0.1) is 11.8 Å². The zero-order valence-electron chi connectivity index (χ0n) is 32.0. The monoisotopic (exact) mass is 732 g/mol. The van der Waals surface area contributed by atoms with E-state index >= 15 is 0 Å². The van der Waals surface area contributed by atoms with Crippen molar-refractivity contribution in [2.24, 2.45) is 11.8 Å². The lowest BCUT2D eigenvalue weighted by Crippen LogP contribution is -2.34. The molecule has 0 bridgehead atoms. The molecule has 1 fully saturated rings. The molecule has 0 N–H and O–H groups in total. The van der Waals surface area contributed by atoms with Crippen molar-refractivity contribution in [2.45, 2.75) is 31.1 Å². The van der Waals surface area contributed by atoms with Crippen LogP contribution in [0.4, 0.5) is 34.1 Å². The largest absolute Gasteiger partial charge is 0.310 e. The average molecular weight is 733 g/mol. The van der Waals surface area contributed by atoms with E-state index in [-0.39, 0.29) is 5.41 Å². The van der Waals surface area contributed by atoms with Crippen molar-refractivity contribution >= 4 is 34.1 Å². The van der Waals surface area contributed by atoms with Gasteiger partial charge in [-0.15, -0.1) is 0 Å². The van der Waals surface area contributed by atoms with E-state index in [2.05, 4.69) is 216 Å². The Labute approximate surface area is 336 Å². The molecule has 8 aromatic carbocycles. The number of benzene rings is 8. The van der Waals surface area contributed by atoms with Crippen molar-refractivity contribution in [3.05, 3.63) is 229 Å². The molecule has 0 radical (unpaired) electrons. The molecule has 11 rings (SSSR count). The minimum absolute atomic E-state index is 0.0960. The number of nitrogens with zero attached hydrogens (tertiary/aromatic N) is 2. The Morgan fingerprint density at radius 1 is 0.333 bits per heavy atom. The summed E-state index contributed by atoms with van der Waals surface area (Å²) >= 11 is 0. The molecular formula is C55H44N2. The van der Waals surface area contributed by atoms with Crippen molar-refractivity contribution in [3.8, 4) is 22.3 Å². The normalized spacial score (nSPS) is 18.7. The SMILES string of the molecule is c1ccc(-c2ccccc2-c2ccc(N(c3ccccc3)c3cccc4c3C35c6c(cccc6N(c6ccccc6)c6ccccc6)CC3CCC5C4)cc2)cc1. The van der Waals surface area contributed by atoms with Crippen LogP contribution in [0.1, 0.15) is 35.1 Å². The van der Waals surface area contributed by atoms with E-state index in [0.29, 0.717) is 11.8 Å². The molecule has 0 saturated heterocycles. The molecule has 1 saturated carbocycles. The Morgan fingerprint density at radius 2 is 0.702 bits per heavy atom. The molecule has 3 aliphatic rings. The maximum atomic E-state index is 2.55.